The zero-order chi connectivity index (χ0) is 14.8. The molecule has 21 heavy (non-hydrogen) atoms. The van der Waals surface area contributed by atoms with E-state index in [1.807, 2.05) is 18.2 Å². The van der Waals surface area contributed by atoms with Gasteiger partial charge in [-0.2, -0.15) is 0 Å². The van der Waals surface area contributed by atoms with Crippen LogP contribution in [0.4, 0.5) is 0 Å². The van der Waals surface area contributed by atoms with E-state index in [1.165, 1.54) is 5.56 Å². The van der Waals surface area contributed by atoms with Crippen LogP contribution in [-0.2, 0) is 11.2 Å². The second-order valence-electron chi connectivity index (χ2n) is 5.62. The fourth-order valence-electron chi connectivity index (χ4n) is 3.05. The van der Waals surface area contributed by atoms with Gasteiger partial charge in [-0.05, 0) is 37.0 Å². The van der Waals surface area contributed by atoms with Gasteiger partial charge < -0.3 is 9.84 Å². The van der Waals surface area contributed by atoms with E-state index in [9.17, 15) is 4.79 Å². The highest BCUT2D eigenvalue weighted by Gasteiger charge is 2.38. The molecular weight excluding hydrogens is 286 g/mol. The normalized spacial score (nSPS) is 27.9. The van der Waals surface area contributed by atoms with Crippen molar-refractivity contribution in [2.45, 2.75) is 37.0 Å². The number of thioether (sulfide) groups is 1. The number of carbonyl (C=O) groups is 1. The number of hydrogen-bond donors (Lipinski definition) is 1. The highest BCUT2D eigenvalue weighted by Crippen LogP contribution is 2.40. The Balaban J connectivity index is 1.65. The number of nitrogens with zero attached hydrogens (tertiary/aromatic N) is 1. The molecule has 1 aromatic carbocycles. The molecule has 112 valence electrons. The smallest absolute Gasteiger partial charge is 0.306 e. The Morgan fingerprint density at radius 1 is 1.48 bits per heavy atom. The largest absolute Gasteiger partial charge is 0.497 e. The molecule has 1 aromatic rings. The maximum atomic E-state index is 11.1. The number of rotatable bonds is 4. The number of aliphatic carboxylic acids is 1. The van der Waals surface area contributed by atoms with E-state index in [4.69, 9.17) is 14.8 Å². The first-order valence-electron chi connectivity index (χ1n) is 7.25. The molecule has 3 atom stereocenters. The maximum Gasteiger partial charge on any atom is 0.306 e. The third kappa shape index (κ3) is 3.23. The van der Waals surface area contributed by atoms with E-state index < -0.39 is 5.97 Å². The van der Waals surface area contributed by atoms with Gasteiger partial charge in [-0.15, -0.1) is 11.8 Å². The number of hydrogen-bond acceptors (Lipinski definition) is 4. The van der Waals surface area contributed by atoms with E-state index in [1.54, 1.807) is 18.9 Å². The lowest BCUT2D eigenvalue weighted by molar-refractivity contribution is -0.142. The highest BCUT2D eigenvalue weighted by atomic mass is 32.2. The second-order valence-corrected chi connectivity index (χ2v) is 6.94. The summed E-state index contributed by atoms with van der Waals surface area (Å²) in [5.74, 6) is 0.0138. The monoisotopic (exact) mass is 305 g/mol. The van der Waals surface area contributed by atoms with E-state index in [2.05, 4.69) is 6.07 Å². The van der Waals surface area contributed by atoms with Gasteiger partial charge in [-0.25, -0.2) is 0 Å². The molecule has 1 aliphatic carbocycles. The summed E-state index contributed by atoms with van der Waals surface area (Å²) in [6.45, 7) is 0. The minimum absolute atomic E-state index is 0.190. The van der Waals surface area contributed by atoms with Gasteiger partial charge in [0, 0.05) is 11.7 Å². The van der Waals surface area contributed by atoms with Crippen LogP contribution in [0.3, 0.4) is 0 Å². The maximum absolute atomic E-state index is 11.1. The van der Waals surface area contributed by atoms with Crippen molar-refractivity contribution in [1.29, 1.82) is 0 Å². The molecule has 1 heterocycles. The standard InChI is InChI=1S/C16H19NO3S/c1-20-12-4-2-3-10(7-12)8-15-17-13-6-5-11(16(18)19)9-14(13)21-15/h2-4,7,11,13-14H,5-6,8-9H2,1H3,(H,18,19). The molecule has 1 fully saturated rings. The van der Waals surface area contributed by atoms with Crippen LogP contribution in [0.15, 0.2) is 29.3 Å². The number of fused-ring (bicyclic) bond motifs is 1. The van der Waals surface area contributed by atoms with Crippen molar-refractivity contribution < 1.29 is 14.6 Å². The molecule has 0 bridgehead atoms. The number of carboxylic acids is 1. The van der Waals surface area contributed by atoms with Crippen molar-refractivity contribution in [2.24, 2.45) is 10.9 Å². The van der Waals surface area contributed by atoms with Crippen LogP contribution in [-0.4, -0.2) is 34.5 Å². The van der Waals surface area contributed by atoms with E-state index in [-0.39, 0.29) is 5.92 Å². The van der Waals surface area contributed by atoms with Crippen molar-refractivity contribution in [3.8, 4) is 5.75 Å². The van der Waals surface area contributed by atoms with Gasteiger partial charge in [0.25, 0.3) is 0 Å². The van der Waals surface area contributed by atoms with Gasteiger partial charge in [0.1, 0.15) is 5.75 Å². The average molecular weight is 305 g/mol. The minimum Gasteiger partial charge on any atom is -0.497 e. The Kier molecular flexibility index (Phi) is 4.19. The first-order valence-corrected chi connectivity index (χ1v) is 8.12. The molecule has 0 saturated heterocycles. The van der Waals surface area contributed by atoms with Gasteiger partial charge in [-0.1, -0.05) is 12.1 Å². The number of benzene rings is 1. The van der Waals surface area contributed by atoms with Crippen LogP contribution in [0, 0.1) is 5.92 Å². The predicted molar refractivity (Wildman–Crippen MR) is 84.3 cm³/mol. The molecule has 1 saturated carbocycles. The lowest BCUT2D eigenvalue weighted by Gasteiger charge is -2.27. The van der Waals surface area contributed by atoms with E-state index in [0.717, 1.165) is 36.5 Å². The van der Waals surface area contributed by atoms with Gasteiger partial charge in [0.05, 0.1) is 24.1 Å². The van der Waals surface area contributed by atoms with E-state index in [0.29, 0.717) is 11.3 Å². The fraction of sp³-hybridized carbons (Fsp3) is 0.500. The zero-order valence-electron chi connectivity index (χ0n) is 12.0. The van der Waals surface area contributed by atoms with Crippen LogP contribution in [0.2, 0.25) is 0 Å². The molecule has 1 N–H and O–H groups in total. The summed E-state index contributed by atoms with van der Waals surface area (Å²) in [5, 5.41) is 10.6. The molecule has 0 aromatic heterocycles. The summed E-state index contributed by atoms with van der Waals surface area (Å²) in [5.41, 5.74) is 1.19. The van der Waals surface area contributed by atoms with Crippen molar-refractivity contribution in [3.05, 3.63) is 29.8 Å². The lowest BCUT2D eigenvalue weighted by atomic mass is 9.86. The fourth-order valence-corrected chi connectivity index (χ4v) is 4.52. The first kappa shape index (κ1) is 14.4. The molecule has 0 amide bonds. The van der Waals surface area contributed by atoms with Crippen LogP contribution < -0.4 is 4.74 Å². The summed E-state index contributed by atoms with van der Waals surface area (Å²) in [4.78, 5) is 15.9. The second kappa shape index (κ2) is 6.10. The quantitative estimate of drug-likeness (QED) is 0.929. The molecule has 3 unspecified atom stereocenters. The van der Waals surface area contributed by atoms with Gasteiger partial charge in [-0.3, -0.25) is 9.79 Å². The van der Waals surface area contributed by atoms with Crippen molar-refractivity contribution >= 4 is 22.8 Å². The Bertz CT molecular complexity index is 572. The zero-order valence-corrected chi connectivity index (χ0v) is 12.8. The van der Waals surface area contributed by atoms with Crippen LogP contribution >= 0.6 is 11.8 Å². The summed E-state index contributed by atoms with van der Waals surface area (Å²) < 4.78 is 5.24. The third-order valence-corrected chi connectivity index (χ3v) is 5.52. The first-order chi connectivity index (χ1) is 10.2. The van der Waals surface area contributed by atoms with Gasteiger partial charge in [0.2, 0.25) is 0 Å². The summed E-state index contributed by atoms with van der Waals surface area (Å²) in [6, 6.07) is 8.34. The van der Waals surface area contributed by atoms with Crippen LogP contribution in [0.1, 0.15) is 24.8 Å². The van der Waals surface area contributed by atoms with Crippen LogP contribution in [0.25, 0.3) is 0 Å². The number of aliphatic imine (C=N–C) groups is 1. The van der Waals surface area contributed by atoms with E-state index >= 15 is 0 Å². The lowest BCUT2D eigenvalue weighted by Crippen LogP contribution is -2.31. The Hall–Kier alpha value is -1.49. The topological polar surface area (TPSA) is 58.9 Å². The van der Waals surface area contributed by atoms with Crippen molar-refractivity contribution in [2.75, 3.05) is 7.11 Å². The Morgan fingerprint density at radius 2 is 2.33 bits per heavy atom. The van der Waals surface area contributed by atoms with Crippen molar-refractivity contribution in [1.82, 2.24) is 0 Å². The minimum atomic E-state index is -0.657. The molecule has 1 aliphatic heterocycles. The summed E-state index contributed by atoms with van der Waals surface area (Å²) in [6.07, 6.45) is 3.21. The Labute approximate surface area is 128 Å². The molecular formula is C16H19NO3S. The third-order valence-electron chi connectivity index (χ3n) is 4.19. The average Bonchev–Trinajstić information content (AvgIpc) is 2.88. The van der Waals surface area contributed by atoms with Crippen LogP contribution in [0.5, 0.6) is 5.75 Å². The SMILES string of the molecule is COc1cccc(CC2=NC3CCC(C(=O)O)CC3S2)c1. The number of carboxylic acid groups (broad SMARTS) is 1. The Morgan fingerprint density at radius 3 is 3.10 bits per heavy atom. The molecule has 0 radical (unpaired) electrons. The number of methoxy groups -OCH3 is 1. The molecule has 3 rings (SSSR count). The van der Waals surface area contributed by atoms with Crippen molar-refractivity contribution in [3.63, 3.8) is 0 Å². The predicted octanol–water partition coefficient (Wildman–Crippen LogP) is 3.00. The number of ether oxygens (including phenoxy) is 1. The highest BCUT2D eigenvalue weighted by molar-refractivity contribution is 8.14. The molecule has 5 heteroatoms. The molecule has 2 aliphatic rings. The summed E-state index contributed by atoms with van der Waals surface area (Å²) in [7, 11) is 1.67. The molecule has 0 spiro atoms. The summed E-state index contributed by atoms with van der Waals surface area (Å²) >= 11 is 1.77. The van der Waals surface area contributed by atoms with Gasteiger partial charge >= 0.3 is 5.97 Å². The van der Waals surface area contributed by atoms with Gasteiger partial charge in [0.15, 0.2) is 0 Å². The molecule has 4 nitrogen and oxygen atoms in total.